The van der Waals surface area contributed by atoms with Crippen LogP contribution in [-0.4, -0.2) is 54.6 Å². The number of methoxy groups -OCH3 is 2. The minimum absolute atomic E-state index is 0.537. The van der Waals surface area contributed by atoms with Gasteiger partial charge in [0.1, 0.15) is 5.82 Å². The van der Waals surface area contributed by atoms with Gasteiger partial charge in [-0.15, -0.1) is 15.3 Å². The molecular formula is C26H34N8O2. The quantitative estimate of drug-likeness (QED) is 0.214. The molecular weight excluding hydrogens is 456 g/mol. The van der Waals surface area contributed by atoms with Crippen molar-refractivity contribution in [3.63, 3.8) is 0 Å². The standard InChI is InChI=1S/C26H34N8O2/c1-5-7-8-9-23-28-25(26(35-3,36-4)15-6-2)31-34(23)18-19-10-12-20(13-11-19)22-17-27-16-14-21(22)24-29-32-33-30-24/h10-14,16-17H,5-9,15,18H2,1-4H3,(H,29,30,32,33). The second kappa shape index (κ2) is 12.0. The largest absolute Gasteiger partial charge is 0.347 e. The van der Waals surface area contributed by atoms with E-state index in [9.17, 15) is 0 Å². The molecule has 10 nitrogen and oxygen atoms in total. The zero-order valence-corrected chi connectivity index (χ0v) is 21.4. The first-order chi connectivity index (χ1) is 17.6. The van der Waals surface area contributed by atoms with E-state index < -0.39 is 5.79 Å². The van der Waals surface area contributed by atoms with E-state index in [1.165, 1.54) is 0 Å². The van der Waals surface area contributed by atoms with Gasteiger partial charge >= 0.3 is 0 Å². The highest BCUT2D eigenvalue weighted by Gasteiger charge is 2.36. The zero-order chi connectivity index (χ0) is 25.4. The van der Waals surface area contributed by atoms with Gasteiger partial charge in [-0.05, 0) is 28.8 Å². The lowest BCUT2D eigenvalue weighted by Crippen LogP contribution is -2.32. The molecule has 0 saturated heterocycles. The molecule has 36 heavy (non-hydrogen) atoms. The molecule has 0 spiro atoms. The summed E-state index contributed by atoms with van der Waals surface area (Å²) in [7, 11) is 3.30. The number of rotatable bonds is 13. The van der Waals surface area contributed by atoms with E-state index in [2.05, 4.69) is 63.7 Å². The number of ether oxygens (including phenoxy) is 2. The number of hydrogen-bond donors (Lipinski definition) is 1. The Balaban J connectivity index is 1.61. The van der Waals surface area contributed by atoms with Gasteiger partial charge in [0, 0.05) is 50.6 Å². The third-order valence-corrected chi connectivity index (χ3v) is 6.34. The SMILES string of the molecule is CCCCCc1nc(C(CCC)(OC)OC)nn1Cc1ccc(-c2cnccc2-c2nn[nH]n2)cc1. The van der Waals surface area contributed by atoms with Crippen LogP contribution in [0.1, 0.15) is 63.2 Å². The highest BCUT2D eigenvalue weighted by molar-refractivity contribution is 5.79. The van der Waals surface area contributed by atoms with E-state index in [4.69, 9.17) is 19.6 Å². The third-order valence-electron chi connectivity index (χ3n) is 6.34. The highest BCUT2D eigenvalue weighted by atomic mass is 16.7. The van der Waals surface area contributed by atoms with Gasteiger partial charge < -0.3 is 9.47 Å². The van der Waals surface area contributed by atoms with Crippen molar-refractivity contribution >= 4 is 0 Å². The molecule has 0 atom stereocenters. The molecule has 190 valence electrons. The molecule has 4 aromatic rings. The van der Waals surface area contributed by atoms with Crippen LogP contribution in [0, 0.1) is 0 Å². The molecule has 0 bridgehead atoms. The molecule has 1 aromatic carbocycles. The predicted octanol–water partition coefficient (Wildman–Crippen LogP) is 4.55. The second-order valence-electron chi connectivity index (χ2n) is 8.73. The Labute approximate surface area is 211 Å². The number of aromatic amines is 1. The fourth-order valence-electron chi connectivity index (χ4n) is 4.35. The summed E-state index contributed by atoms with van der Waals surface area (Å²) in [5.74, 6) is 1.13. The maximum atomic E-state index is 5.78. The van der Waals surface area contributed by atoms with Crippen molar-refractivity contribution in [3.8, 4) is 22.5 Å². The second-order valence-corrected chi connectivity index (χ2v) is 8.73. The Morgan fingerprint density at radius 1 is 0.972 bits per heavy atom. The minimum atomic E-state index is -0.935. The fourth-order valence-corrected chi connectivity index (χ4v) is 4.35. The summed E-state index contributed by atoms with van der Waals surface area (Å²) in [5, 5.41) is 19.3. The van der Waals surface area contributed by atoms with Gasteiger partial charge in [0.2, 0.25) is 17.4 Å². The molecule has 4 rings (SSSR count). The number of aromatic nitrogens is 8. The van der Waals surface area contributed by atoms with Gasteiger partial charge in [0.15, 0.2) is 0 Å². The monoisotopic (exact) mass is 490 g/mol. The Kier molecular flexibility index (Phi) is 8.50. The maximum absolute atomic E-state index is 5.78. The van der Waals surface area contributed by atoms with Gasteiger partial charge in [0.25, 0.3) is 0 Å². The number of benzene rings is 1. The first-order valence-corrected chi connectivity index (χ1v) is 12.5. The topological polar surface area (TPSA) is 117 Å². The Hall–Kier alpha value is -3.50. The van der Waals surface area contributed by atoms with Gasteiger partial charge in [-0.1, -0.05) is 57.4 Å². The molecule has 0 aliphatic carbocycles. The van der Waals surface area contributed by atoms with Crippen LogP contribution in [0.15, 0.2) is 42.7 Å². The molecule has 0 aliphatic rings. The van der Waals surface area contributed by atoms with Crippen molar-refractivity contribution in [1.82, 2.24) is 40.4 Å². The molecule has 0 unspecified atom stereocenters. The average Bonchev–Trinajstić information content (AvgIpc) is 3.59. The molecule has 0 aliphatic heterocycles. The summed E-state index contributed by atoms with van der Waals surface area (Å²) in [4.78, 5) is 9.18. The first kappa shape index (κ1) is 25.6. The van der Waals surface area contributed by atoms with Crippen molar-refractivity contribution in [2.45, 2.75) is 64.7 Å². The number of pyridine rings is 1. The van der Waals surface area contributed by atoms with Crippen LogP contribution >= 0.6 is 0 Å². The van der Waals surface area contributed by atoms with Gasteiger partial charge in [0.05, 0.1) is 6.54 Å². The lowest BCUT2D eigenvalue weighted by atomic mass is 10.0. The molecule has 3 aromatic heterocycles. The van der Waals surface area contributed by atoms with Gasteiger partial charge in [-0.2, -0.15) is 5.21 Å². The molecule has 10 heteroatoms. The Morgan fingerprint density at radius 2 is 1.78 bits per heavy atom. The number of H-pyrrole nitrogens is 1. The van der Waals surface area contributed by atoms with Crippen molar-refractivity contribution in [2.75, 3.05) is 14.2 Å². The molecule has 0 amide bonds. The number of nitrogens with one attached hydrogen (secondary N) is 1. The van der Waals surface area contributed by atoms with E-state index in [1.54, 1.807) is 20.4 Å². The van der Waals surface area contributed by atoms with E-state index in [1.807, 2.05) is 16.9 Å². The maximum Gasteiger partial charge on any atom is 0.231 e. The van der Waals surface area contributed by atoms with Crippen LogP contribution in [0.25, 0.3) is 22.5 Å². The van der Waals surface area contributed by atoms with Crippen LogP contribution in [-0.2, 0) is 28.2 Å². The number of nitrogens with zero attached hydrogens (tertiary/aromatic N) is 7. The summed E-state index contributed by atoms with van der Waals surface area (Å²) < 4.78 is 13.5. The van der Waals surface area contributed by atoms with E-state index in [-0.39, 0.29) is 0 Å². The number of tetrazole rings is 1. The molecule has 0 radical (unpaired) electrons. The molecule has 3 heterocycles. The summed E-state index contributed by atoms with van der Waals surface area (Å²) in [6.45, 7) is 4.90. The van der Waals surface area contributed by atoms with Crippen LogP contribution in [0.4, 0.5) is 0 Å². The predicted molar refractivity (Wildman–Crippen MR) is 136 cm³/mol. The third kappa shape index (κ3) is 5.50. The minimum Gasteiger partial charge on any atom is -0.347 e. The Bertz CT molecular complexity index is 1220. The molecule has 0 saturated carbocycles. The lowest BCUT2D eigenvalue weighted by molar-refractivity contribution is -0.225. The smallest absolute Gasteiger partial charge is 0.231 e. The number of hydrogen-bond acceptors (Lipinski definition) is 8. The van der Waals surface area contributed by atoms with Crippen LogP contribution < -0.4 is 0 Å². The summed E-state index contributed by atoms with van der Waals surface area (Å²) in [5.41, 5.74) is 3.96. The number of aryl methyl sites for hydroxylation is 1. The van der Waals surface area contributed by atoms with Crippen LogP contribution in [0.3, 0.4) is 0 Å². The van der Waals surface area contributed by atoms with Crippen molar-refractivity contribution < 1.29 is 9.47 Å². The van der Waals surface area contributed by atoms with Gasteiger partial charge in [-0.3, -0.25) is 4.98 Å². The van der Waals surface area contributed by atoms with Gasteiger partial charge in [-0.25, -0.2) is 9.67 Å². The summed E-state index contributed by atoms with van der Waals surface area (Å²) in [6.07, 6.45) is 9.35. The lowest BCUT2D eigenvalue weighted by Gasteiger charge is -2.27. The zero-order valence-electron chi connectivity index (χ0n) is 21.4. The first-order valence-electron chi connectivity index (χ1n) is 12.5. The van der Waals surface area contributed by atoms with Crippen molar-refractivity contribution in [1.29, 1.82) is 0 Å². The highest BCUT2D eigenvalue weighted by Crippen LogP contribution is 2.31. The molecule has 0 fully saturated rings. The van der Waals surface area contributed by atoms with Crippen molar-refractivity contribution in [2.24, 2.45) is 0 Å². The van der Waals surface area contributed by atoms with E-state index >= 15 is 0 Å². The number of unbranched alkanes of at least 4 members (excludes halogenated alkanes) is 2. The molecule has 1 N–H and O–H groups in total. The average molecular weight is 491 g/mol. The van der Waals surface area contributed by atoms with Crippen molar-refractivity contribution in [3.05, 3.63) is 59.9 Å². The normalized spacial score (nSPS) is 11.8. The van der Waals surface area contributed by atoms with Crippen LogP contribution in [0.5, 0.6) is 0 Å². The Morgan fingerprint density at radius 3 is 2.44 bits per heavy atom. The fraction of sp³-hybridized carbons (Fsp3) is 0.462. The van der Waals surface area contributed by atoms with E-state index in [0.717, 1.165) is 60.2 Å². The van der Waals surface area contributed by atoms with E-state index in [0.29, 0.717) is 24.6 Å². The summed E-state index contributed by atoms with van der Waals surface area (Å²) in [6, 6.07) is 10.3. The summed E-state index contributed by atoms with van der Waals surface area (Å²) >= 11 is 0. The van der Waals surface area contributed by atoms with Crippen LogP contribution in [0.2, 0.25) is 0 Å².